The molecule has 0 aromatic heterocycles. The molecule has 1 aromatic rings. The van der Waals surface area contributed by atoms with Crippen molar-refractivity contribution in [3.8, 4) is 5.75 Å². The van der Waals surface area contributed by atoms with Crippen LogP contribution in [0.2, 0.25) is 5.02 Å². The van der Waals surface area contributed by atoms with E-state index in [1.165, 1.54) is 17.7 Å². The summed E-state index contributed by atoms with van der Waals surface area (Å²) in [6.45, 7) is 4.86. The molecule has 2 N–H and O–H groups in total. The van der Waals surface area contributed by atoms with Gasteiger partial charge < -0.3 is 9.64 Å². The van der Waals surface area contributed by atoms with Crippen LogP contribution in [0.3, 0.4) is 0 Å². The summed E-state index contributed by atoms with van der Waals surface area (Å²) >= 11 is 6.25. The SMILES string of the molecule is C=CC[C@@H](NS(=O)(=O)CCCCCN1CC(=O)NC1=O)c1ccc(Cl)c(OCC2CC2)c1. The molecule has 1 aliphatic heterocycles. The Bertz CT molecular complexity index is 949. The molecule has 1 atom stereocenters. The summed E-state index contributed by atoms with van der Waals surface area (Å²) in [6.07, 6.45) is 6.15. The lowest BCUT2D eigenvalue weighted by atomic mass is 10.0. The van der Waals surface area contributed by atoms with Gasteiger partial charge in [0.2, 0.25) is 15.9 Å². The summed E-state index contributed by atoms with van der Waals surface area (Å²) in [7, 11) is -3.53. The number of sulfonamides is 1. The number of amides is 3. The van der Waals surface area contributed by atoms with Gasteiger partial charge in [-0.05, 0) is 55.7 Å². The van der Waals surface area contributed by atoms with E-state index in [1.807, 2.05) is 0 Å². The van der Waals surface area contributed by atoms with Gasteiger partial charge in [-0.1, -0.05) is 30.2 Å². The average molecular weight is 484 g/mol. The summed E-state index contributed by atoms with van der Waals surface area (Å²) in [5.74, 6) is 0.814. The van der Waals surface area contributed by atoms with Crippen molar-refractivity contribution in [2.24, 2.45) is 5.92 Å². The molecule has 0 radical (unpaired) electrons. The van der Waals surface area contributed by atoms with Gasteiger partial charge in [-0.2, -0.15) is 0 Å². The fourth-order valence-corrected chi connectivity index (χ4v) is 5.01. The first-order chi connectivity index (χ1) is 15.3. The van der Waals surface area contributed by atoms with Crippen molar-refractivity contribution in [2.45, 2.75) is 44.6 Å². The largest absolute Gasteiger partial charge is 0.492 e. The van der Waals surface area contributed by atoms with Gasteiger partial charge in [-0.15, -0.1) is 6.58 Å². The Kier molecular flexibility index (Phi) is 8.56. The highest BCUT2D eigenvalue weighted by Gasteiger charge is 2.26. The number of nitrogens with one attached hydrogen (secondary N) is 2. The summed E-state index contributed by atoms with van der Waals surface area (Å²) in [4.78, 5) is 24.1. The lowest BCUT2D eigenvalue weighted by Crippen LogP contribution is -2.31. The number of unbranched alkanes of at least 4 members (excludes halogenated alkanes) is 2. The molecule has 32 heavy (non-hydrogen) atoms. The van der Waals surface area contributed by atoms with Crippen LogP contribution in [0.5, 0.6) is 5.75 Å². The second-order valence-corrected chi connectivity index (χ2v) is 10.6. The van der Waals surface area contributed by atoms with Crippen LogP contribution >= 0.6 is 11.6 Å². The van der Waals surface area contributed by atoms with Crippen LogP contribution in [0.25, 0.3) is 0 Å². The predicted molar refractivity (Wildman–Crippen MR) is 123 cm³/mol. The molecule has 2 aliphatic rings. The maximum atomic E-state index is 12.7. The first-order valence-electron chi connectivity index (χ1n) is 10.9. The molecule has 3 rings (SSSR count). The van der Waals surface area contributed by atoms with Crippen LogP contribution in [0.1, 0.15) is 50.1 Å². The molecular weight excluding hydrogens is 454 g/mol. The monoisotopic (exact) mass is 483 g/mol. The Balaban J connectivity index is 1.50. The zero-order valence-corrected chi connectivity index (χ0v) is 19.6. The maximum Gasteiger partial charge on any atom is 0.324 e. The fourth-order valence-electron chi connectivity index (χ4n) is 3.47. The third-order valence-corrected chi connectivity index (χ3v) is 7.24. The number of halogens is 1. The quantitative estimate of drug-likeness (QED) is 0.240. The van der Waals surface area contributed by atoms with E-state index in [-0.39, 0.29) is 24.2 Å². The normalized spacial score (nSPS) is 17.3. The summed E-state index contributed by atoms with van der Waals surface area (Å²) < 4.78 is 33.9. The standard InChI is InChI=1S/C22H30ClN3O5S/c1-2-6-19(17-9-10-18(23)20(13-17)31-15-16-7-8-16)25-32(29,30)12-5-3-4-11-26-14-21(27)24-22(26)28/h2,9-10,13,16,19,25H,1,3-8,11-12,14-15H2,(H,24,27,28)/t19-/m1/s1. The van der Waals surface area contributed by atoms with Crippen molar-refractivity contribution in [3.63, 3.8) is 0 Å². The van der Waals surface area contributed by atoms with Crippen LogP contribution in [-0.2, 0) is 14.8 Å². The Morgan fingerprint density at radius 3 is 2.72 bits per heavy atom. The number of nitrogens with zero attached hydrogens (tertiary/aromatic N) is 1. The average Bonchev–Trinajstić information content (AvgIpc) is 3.50. The van der Waals surface area contributed by atoms with Crippen molar-refractivity contribution >= 4 is 33.6 Å². The molecule has 1 aliphatic carbocycles. The zero-order chi connectivity index (χ0) is 23.1. The van der Waals surface area contributed by atoms with Crippen LogP contribution < -0.4 is 14.8 Å². The second-order valence-electron chi connectivity index (χ2n) is 8.29. The van der Waals surface area contributed by atoms with Gasteiger partial charge >= 0.3 is 6.03 Å². The summed E-state index contributed by atoms with van der Waals surface area (Å²) in [5, 5.41) is 2.72. The molecule has 0 spiro atoms. The van der Waals surface area contributed by atoms with E-state index in [4.69, 9.17) is 16.3 Å². The van der Waals surface area contributed by atoms with Gasteiger partial charge in [0.05, 0.1) is 23.4 Å². The second kappa shape index (κ2) is 11.2. The lowest BCUT2D eigenvalue weighted by Gasteiger charge is -2.19. The minimum absolute atomic E-state index is 0.0234. The number of imide groups is 1. The Morgan fingerprint density at radius 1 is 1.28 bits per heavy atom. The van der Waals surface area contributed by atoms with Gasteiger partial charge in [0.1, 0.15) is 12.3 Å². The minimum atomic E-state index is -3.53. The van der Waals surface area contributed by atoms with E-state index < -0.39 is 16.1 Å². The number of benzene rings is 1. The molecule has 1 saturated heterocycles. The fraction of sp³-hybridized carbons (Fsp3) is 0.545. The number of hydrogen-bond donors (Lipinski definition) is 2. The van der Waals surface area contributed by atoms with Gasteiger partial charge in [0, 0.05) is 6.54 Å². The van der Waals surface area contributed by atoms with Gasteiger partial charge in [0.25, 0.3) is 0 Å². The Labute approximate surface area is 194 Å². The number of rotatable bonds is 14. The number of ether oxygens (including phenoxy) is 1. The van der Waals surface area contributed by atoms with E-state index >= 15 is 0 Å². The highest BCUT2D eigenvalue weighted by atomic mass is 35.5. The predicted octanol–water partition coefficient (Wildman–Crippen LogP) is 3.39. The number of hydrogen-bond acceptors (Lipinski definition) is 5. The van der Waals surface area contributed by atoms with Gasteiger partial charge in [-0.25, -0.2) is 17.9 Å². The number of carbonyl (C=O) groups is 2. The highest BCUT2D eigenvalue weighted by molar-refractivity contribution is 7.89. The molecular formula is C22H30ClN3O5S. The molecule has 8 nitrogen and oxygen atoms in total. The third kappa shape index (κ3) is 7.50. The third-order valence-electron chi connectivity index (χ3n) is 5.46. The van der Waals surface area contributed by atoms with Crippen molar-refractivity contribution in [1.82, 2.24) is 14.9 Å². The summed E-state index contributed by atoms with van der Waals surface area (Å²) in [5.41, 5.74) is 0.772. The first kappa shape index (κ1) is 24.5. The van der Waals surface area contributed by atoms with E-state index in [2.05, 4.69) is 16.6 Å². The molecule has 1 saturated carbocycles. The summed E-state index contributed by atoms with van der Waals surface area (Å²) in [6, 6.07) is 4.47. The van der Waals surface area contributed by atoms with E-state index in [0.717, 1.165) is 5.56 Å². The molecule has 0 bridgehead atoms. The molecule has 3 amide bonds. The molecule has 176 valence electrons. The minimum Gasteiger partial charge on any atom is -0.492 e. The van der Waals surface area contributed by atoms with Crippen molar-refractivity contribution in [2.75, 3.05) is 25.4 Å². The van der Waals surface area contributed by atoms with Gasteiger partial charge in [0.15, 0.2) is 0 Å². The van der Waals surface area contributed by atoms with Crippen molar-refractivity contribution < 1.29 is 22.7 Å². The van der Waals surface area contributed by atoms with E-state index in [9.17, 15) is 18.0 Å². The van der Waals surface area contributed by atoms with Crippen molar-refractivity contribution in [3.05, 3.63) is 41.4 Å². The first-order valence-corrected chi connectivity index (χ1v) is 12.9. The van der Waals surface area contributed by atoms with Crippen LogP contribution in [0, 0.1) is 5.92 Å². The van der Waals surface area contributed by atoms with E-state index in [0.29, 0.717) is 55.5 Å². The van der Waals surface area contributed by atoms with Crippen LogP contribution in [-0.4, -0.2) is 50.7 Å². The van der Waals surface area contributed by atoms with Gasteiger partial charge in [-0.3, -0.25) is 10.1 Å². The van der Waals surface area contributed by atoms with Crippen molar-refractivity contribution in [1.29, 1.82) is 0 Å². The van der Waals surface area contributed by atoms with Crippen LogP contribution in [0.15, 0.2) is 30.9 Å². The topological polar surface area (TPSA) is 105 Å². The number of urea groups is 1. The Hall–Kier alpha value is -2.10. The van der Waals surface area contributed by atoms with Crippen LogP contribution in [0.4, 0.5) is 4.79 Å². The maximum absolute atomic E-state index is 12.7. The molecule has 0 unspecified atom stereocenters. The Morgan fingerprint density at radius 2 is 2.06 bits per heavy atom. The highest BCUT2D eigenvalue weighted by Crippen LogP contribution is 2.33. The molecule has 1 heterocycles. The molecule has 2 fully saturated rings. The van der Waals surface area contributed by atoms with E-state index in [1.54, 1.807) is 24.3 Å². The smallest absolute Gasteiger partial charge is 0.324 e. The molecule has 10 heteroatoms. The number of carbonyl (C=O) groups excluding carboxylic acids is 2. The molecule has 1 aromatic carbocycles. The zero-order valence-electron chi connectivity index (χ0n) is 18.0. The lowest BCUT2D eigenvalue weighted by molar-refractivity contribution is -0.118.